The standard InChI is InChI=1S/C10H17N3O/c1-10(2,3)7-8(11)12-9(14)13(7)6-4-5-6/h6-7H,4-5H2,1-3H3,(H2,11,12,14). The average molecular weight is 195 g/mol. The number of amides is 2. The molecular weight excluding hydrogens is 178 g/mol. The second-order valence-electron chi connectivity index (χ2n) is 5.23. The first-order valence-corrected chi connectivity index (χ1v) is 5.07. The Labute approximate surface area is 84.2 Å². The minimum absolute atomic E-state index is 0.0116. The first-order valence-electron chi connectivity index (χ1n) is 5.07. The van der Waals surface area contributed by atoms with Crippen molar-refractivity contribution in [3.05, 3.63) is 0 Å². The summed E-state index contributed by atoms with van der Waals surface area (Å²) in [6.07, 6.45) is 2.20. The van der Waals surface area contributed by atoms with Gasteiger partial charge in [0.05, 0.1) is 6.04 Å². The lowest BCUT2D eigenvalue weighted by Gasteiger charge is -2.34. The lowest BCUT2D eigenvalue weighted by Crippen LogP contribution is -2.49. The van der Waals surface area contributed by atoms with Crippen LogP contribution in [0.15, 0.2) is 4.99 Å². The third-order valence-electron chi connectivity index (χ3n) is 2.76. The zero-order valence-electron chi connectivity index (χ0n) is 8.95. The van der Waals surface area contributed by atoms with Crippen molar-refractivity contribution < 1.29 is 4.79 Å². The highest BCUT2D eigenvalue weighted by Gasteiger charge is 2.47. The van der Waals surface area contributed by atoms with Crippen molar-refractivity contribution in [2.75, 3.05) is 0 Å². The number of amidine groups is 1. The lowest BCUT2D eigenvalue weighted by atomic mass is 9.85. The summed E-state index contributed by atoms with van der Waals surface area (Å²) in [5.41, 5.74) is 5.77. The van der Waals surface area contributed by atoms with Crippen LogP contribution in [0.25, 0.3) is 0 Å². The van der Waals surface area contributed by atoms with Crippen molar-refractivity contribution in [3.8, 4) is 0 Å². The molecule has 0 aromatic rings. The monoisotopic (exact) mass is 195 g/mol. The molecule has 1 atom stereocenters. The van der Waals surface area contributed by atoms with E-state index in [-0.39, 0.29) is 17.5 Å². The number of nitrogens with two attached hydrogens (primary N) is 1. The molecule has 0 aromatic carbocycles. The Morgan fingerprint density at radius 3 is 2.43 bits per heavy atom. The molecule has 1 unspecified atom stereocenters. The van der Waals surface area contributed by atoms with Crippen molar-refractivity contribution in [3.63, 3.8) is 0 Å². The van der Waals surface area contributed by atoms with E-state index in [0.29, 0.717) is 11.9 Å². The molecule has 0 radical (unpaired) electrons. The van der Waals surface area contributed by atoms with Crippen molar-refractivity contribution in [2.24, 2.45) is 16.1 Å². The van der Waals surface area contributed by atoms with E-state index in [4.69, 9.17) is 5.73 Å². The van der Waals surface area contributed by atoms with Crippen molar-refractivity contribution >= 4 is 11.9 Å². The van der Waals surface area contributed by atoms with Crippen LogP contribution in [0.2, 0.25) is 0 Å². The van der Waals surface area contributed by atoms with Crippen LogP contribution >= 0.6 is 0 Å². The van der Waals surface area contributed by atoms with Gasteiger partial charge in [-0.15, -0.1) is 0 Å². The van der Waals surface area contributed by atoms with E-state index in [9.17, 15) is 4.79 Å². The molecule has 2 N–H and O–H groups in total. The largest absolute Gasteiger partial charge is 0.385 e. The third kappa shape index (κ3) is 1.38. The maximum Gasteiger partial charge on any atom is 0.346 e. The lowest BCUT2D eigenvalue weighted by molar-refractivity contribution is 0.163. The first kappa shape index (κ1) is 9.49. The van der Waals surface area contributed by atoms with E-state index in [1.165, 1.54) is 0 Å². The molecule has 78 valence electrons. The number of urea groups is 1. The predicted octanol–water partition coefficient (Wildman–Crippen LogP) is 1.36. The number of nitrogens with zero attached hydrogens (tertiary/aromatic N) is 2. The summed E-state index contributed by atoms with van der Waals surface area (Å²) < 4.78 is 0. The highest BCUT2D eigenvalue weighted by atomic mass is 16.2. The summed E-state index contributed by atoms with van der Waals surface area (Å²) in [7, 11) is 0. The van der Waals surface area contributed by atoms with Crippen molar-refractivity contribution in [2.45, 2.75) is 45.7 Å². The summed E-state index contributed by atoms with van der Waals surface area (Å²) in [5.74, 6) is 0.481. The van der Waals surface area contributed by atoms with Gasteiger partial charge in [-0.3, -0.25) is 0 Å². The predicted molar refractivity (Wildman–Crippen MR) is 55.1 cm³/mol. The Balaban J connectivity index is 2.27. The molecule has 0 aromatic heterocycles. The molecule has 4 nitrogen and oxygen atoms in total. The molecule has 0 spiro atoms. The van der Waals surface area contributed by atoms with Crippen LogP contribution in [0.3, 0.4) is 0 Å². The molecule has 4 heteroatoms. The van der Waals surface area contributed by atoms with Crippen LogP contribution in [0.5, 0.6) is 0 Å². The first-order chi connectivity index (χ1) is 6.41. The van der Waals surface area contributed by atoms with E-state index < -0.39 is 0 Å². The fourth-order valence-electron chi connectivity index (χ4n) is 2.06. The zero-order valence-corrected chi connectivity index (χ0v) is 8.95. The van der Waals surface area contributed by atoms with Crippen LogP contribution in [0, 0.1) is 5.41 Å². The van der Waals surface area contributed by atoms with Crippen molar-refractivity contribution in [1.82, 2.24) is 4.90 Å². The summed E-state index contributed by atoms with van der Waals surface area (Å²) >= 11 is 0. The average Bonchev–Trinajstić information content (AvgIpc) is 2.75. The highest BCUT2D eigenvalue weighted by molar-refractivity contribution is 6.03. The Morgan fingerprint density at radius 1 is 1.43 bits per heavy atom. The van der Waals surface area contributed by atoms with Gasteiger partial charge in [-0.05, 0) is 18.3 Å². The fraction of sp³-hybridized carbons (Fsp3) is 0.800. The minimum Gasteiger partial charge on any atom is -0.385 e. The van der Waals surface area contributed by atoms with Crippen LogP contribution in [-0.2, 0) is 0 Å². The second-order valence-corrected chi connectivity index (χ2v) is 5.23. The van der Waals surface area contributed by atoms with Gasteiger partial charge in [0.25, 0.3) is 0 Å². The number of aliphatic imine (C=N–C) groups is 1. The highest BCUT2D eigenvalue weighted by Crippen LogP contribution is 2.37. The topological polar surface area (TPSA) is 58.7 Å². The quantitative estimate of drug-likeness (QED) is 0.686. The molecule has 1 saturated carbocycles. The van der Waals surface area contributed by atoms with Crippen LogP contribution in [0.4, 0.5) is 4.79 Å². The van der Waals surface area contributed by atoms with Crippen LogP contribution in [0.1, 0.15) is 33.6 Å². The Morgan fingerprint density at radius 2 is 2.00 bits per heavy atom. The second kappa shape index (κ2) is 2.72. The molecule has 0 bridgehead atoms. The van der Waals surface area contributed by atoms with Gasteiger partial charge in [0.1, 0.15) is 5.84 Å². The molecule has 1 heterocycles. The van der Waals surface area contributed by atoms with Gasteiger partial charge in [0, 0.05) is 6.04 Å². The summed E-state index contributed by atoms with van der Waals surface area (Å²) in [6, 6.07) is 0.226. The SMILES string of the molecule is CC(C)(C)C1C(N)=NC(=O)N1C1CC1. The maximum atomic E-state index is 11.6. The van der Waals surface area contributed by atoms with Crippen LogP contribution < -0.4 is 5.73 Å². The van der Waals surface area contributed by atoms with Gasteiger partial charge in [0.2, 0.25) is 0 Å². The minimum atomic E-state index is -0.148. The number of rotatable bonds is 1. The third-order valence-corrected chi connectivity index (χ3v) is 2.76. The molecule has 1 aliphatic heterocycles. The van der Waals surface area contributed by atoms with Gasteiger partial charge in [-0.25, -0.2) is 4.79 Å². The summed E-state index contributed by atoms with van der Waals surface area (Å²) in [4.78, 5) is 17.3. The van der Waals surface area contributed by atoms with E-state index in [2.05, 4.69) is 25.8 Å². The Bertz CT molecular complexity index is 299. The molecule has 2 rings (SSSR count). The molecular formula is C10H17N3O. The molecule has 14 heavy (non-hydrogen) atoms. The van der Waals surface area contributed by atoms with Gasteiger partial charge in [-0.2, -0.15) is 4.99 Å². The maximum absolute atomic E-state index is 11.6. The van der Waals surface area contributed by atoms with Gasteiger partial charge < -0.3 is 10.6 Å². The normalized spacial score (nSPS) is 28.2. The van der Waals surface area contributed by atoms with Gasteiger partial charge in [0.15, 0.2) is 0 Å². The summed E-state index contributed by atoms with van der Waals surface area (Å²) in [6.45, 7) is 6.27. The van der Waals surface area contributed by atoms with Gasteiger partial charge in [-0.1, -0.05) is 20.8 Å². The van der Waals surface area contributed by atoms with E-state index in [1.807, 2.05) is 4.90 Å². The smallest absolute Gasteiger partial charge is 0.346 e. The molecule has 2 amide bonds. The molecule has 0 saturated heterocycles. The van der Waals surface area contributed by atoms with Crippen molar-refractivity contribution in [1.29, 1.82) is 0 Å². The Hall–Kier alpha value is -1.06. The van der Waals surface area contributed by atoms with E-state index in [0.717, 1.165) is 12.8 Å². The van der Waals surface area contributed by atoms with Crippen LogP contribution in [-0.4, -0.2) is 28.9 Å². The summed E-state index contributed by atoms with van der Waals surface area (Å²) in [5, 5.41) is 0. The van der Waals surface area contributed by atoms with E-state index in [1.54, 1.807) is 0 Å². The molecule has 2 aliphatic rings. The number of hydrogen-bond acceptors (Lipinski definition) is 2. The zero-order chi connectivity index (χ0) is 10.5. The number of carbonyl (C=O) groups excluding carboxylic acids is 1. The molecule has 1 aliphatic carbocycles. The molecule has 1 fully saturated rings. The number of carbonyl (C=O) groups is 1. The fourth-order valence-corrected chi connectivity index (χ4v) is 2.06. The van der Waals surface area contributed by atoms with E-state index >= 15 is 0 Å². The Kier molecular flexibility index (Phi) is 1.84. The van der Waals surface area contributed by atoms with Gasteiger partial charge >= 0.3 is 6.03 Å². The number of hydrogen-bond donors (Lipinski definition) is 1.